The molecule has 15 heteroatoms. The van der Waals surface area contributed by atoms with Crippen molar-refractivity contribution in [2.24, 2.45) is 0 Å². The minimum atomic E-state index is -1.42. The molecule has 0 radical (unpaired) electrons. The van der Waals surface area contributed by atoms with Crippen LogP contribution in [0.4, 0.5) is 11.4 Å². The van der Waals surface area contributed by atoms with Crippen molar-refractivity contribution in [1.82, 2.24) is 0 Å². The van der Waals surface area contributed by atoms with E-state index in [9.17, 15) is 39.3 Å². The van der Waals surface area contributed by atoms with Crippen LogP contribution in [0.2, 0.25) is 0 Å². The van der Waals surface area contributed by atoms with Crippen LogP contribution in [0.15, 0.2) is 27.3 Å². The highest BCUT2D eigenvalue weighted by Crippen LogP contribution is 2.56. The van der Waals surface area contributed by atoms with Gasteiger partial charge >= 0.3 is 11.9 Å². The molecule has 15 nitrogen and oxygen atoms in total. The largest absolute Gasteiger partial charge is 0.507 e. The second-order valence-electron chi connectivity index (χ2n) is 12.4. The molecular formula is C37H36N2O13. The maximum atomic E-state index is 14.8. The number of nitrogens with one attached hydrogen (secondary N) is 2. The van der Waals surface area contributed by atoms with Crippen molar-refractivity contribution >= 4 is 78.3 Å². The van der Waals surface area contributed by atoms with E-state index in [1.165, 1.54) is 40.4 Å². The van der Waals surface area contributed by atoms with Gasteiger partial charge in [-0.2, -0.15) is 0 Å². The van der Waals surface area contributed by atoms with Crippen LogP contribution in [0.25, 0.3) is 49.2 Å². The number of phenols is 1. The number of methoxy groups -OCH3 is 5. The molecule has 0 aliphatic heterocycles. The summed E-state index contributed by atoms with van der Waals surface area (Å²) in [5, 5.41) is 38.8. The second kappa shape index (κ2) is 13.3. The first-order valence-electron chi connectivity index (χ1n) is 16.0. The molecule has 0 amide bonds. The molecule has 0 fully saturated rings. The van der Waals surface area contributed by atoms with Crippen LogP contribution in [0.5, 0.6) is 23.0 Å². The molecule has 272 valence electrons. The van der Waals surface area contributed by atoms with E-state index in [4.69, 9.17) is 23.7 Å². The fourth-order valence-corrected chi connectivity index (χ4v) is 7.54. The minimum absolute atomic E-state index is 0.0287. The molecule has 3 unspecified atom stereocenters. The molecule has 1 aliphatic rings. The Hall–Kier alpha value is -5.93. The van der Waals surface area contributed by atoms with Crippen LogP contribution in [0, 0.1) is 0 Å². The normalized spacial score (nSPS) is 15.0. The van der Waals surface area contributed by atoms with Gasteiger partial charge in [-0.15, -0.1) is 0 Å². The topological polar surface area (TPSA) is 216 Å². The second-order valence-corrected chi connectivity index (χ2v) is 12.4. The van der Waals surface area contributed by atoms with Gasteiger partial charge in [0.2, 0.25) is 10.9 Å². The fraction of sp³-hybridized carbons (Fsp3) is 0.324. The summed E-state index contributed by atoms with van der Waals surface area (Å²) >= 11 is 0. The van der Waals surface area contributed by atoms with Crippen molar-refractivity contribution < 1.29 is 53.4 Å². The number of allylic oxidation sites excluding steroid dienone is 1. The Morgan fingerprint density at radius 1 is 0.731 bits per heavy atom. The molecule has 3 atom stereocenters. The molecule has 0 aromatic heterocycles. The van der Waals surface area contributed by atoms with E-state index in [1.807, 2.05) is 0 Å². The van der Waals surface area contributed by atoms with Gasteiger partial charge in [-0.3, -0.25) is 14.4 Å². The van der Waals surface area contributed by atoms with Crippen molar-refractivity contribution in [3.63, 3.8) is 0 Å². The van der Waals surface area contributed by atoms with Gasteiger partial charge in [-0.25, -0.2) is 9.59 Å². The summed E-state index contributed by atoms with van der Waals surface area (Å²) in [7, 11) is 6.26. The number of fused-ring (bicyclic) bond motifs is 1. The number of Topliss-reactive ketones (excluding diaryl/α,β-unsaturated/α-hetero) is 1. The number of hydrogen-bond acceptors (Lipinski definition) is 15. The van der Waals surface area contributed by atoms with Gasteiger partial charge in [0, 0.05) is 50.2 Å². The Balaban J connectivity index is 2.04. The number of carbonyl (C=O) groups is 3. The first-order chi connectivity index (χ1) is 24.8. The van der Waals surface area contributed by atoms with E-state index >= 15 is 0 Å². The molecule has 52 heavy (non-hydrogen) atoms. The summed E-state index contributed by atoms with van der Waals surface area (Å²) in [6.45, 7) is 1.51. The standard InChI is InChI=1S/C37H36N2O13/c1-13-8-15-23-28-25(33(44)32(15)39-18(12-41)37(47)52-7)19(43)10-21(49-4)27(28)26-20(48-3)9-16(38-17(11-40)36(46)51-6)24-30(26)29(23)31(22(13)14(2)42)35(50-5)34(24)45/h8-10,17-18,22,38-41,43H,11-12H2,1-7H3. The maximum absolute atomic E-state index is 14.8. The van der Waals surface area contributed by atoms with E-state index in [-0.39, 0.29) is 88.6 Å². The Morgan fingerprint density at radius 2 is 1.29 bits per heavy atom. The third-order valence-electron chi connectivity index (χ3n) is 9.65. The Kier molecular flexibility index (Phi) is 9.19. The first-order valence-corrected chi connectivity index (χ1v) is 16.0. The number of rotatable bonds is 12. The summed E-state index contributed by atoms with van der Waals surface area (Å²) in [6, 6.07) is -0.0636. The molecule has 0 heterocycles. The fourth-order valence-electron chi connectivity index (χ4n) is 7.54. The lowest BCUT2D eigenvalue weighted by atomic mass is 9.80. The summed E-state index contributed by atoms with van der Waals surface area (Å²) in [5.41, 5.74) is -0.854. The molecule has 6 rings (SSSR count). The first kappa shape index (κ1) is 35.9. The molecule has 5 N–H and O–H groups in total. The number of anilines is 2. The predicted molar refractivity (Wildman–Crippen MR) is 193 cm³/mol. The number of aliphatic hydroxyl groups is 2. The van der Waals surface area contributed by atoms with Crippen molar-refractivity contribution in [1.29, 1.82) is 0 Å². The van der Waals surface area contributed by atoms with E-state index in [1.54, 1.807) is 13.0 Å². The van der Waals surface area contributed by atoms with Gasteiger partial charge in [0.05, 0.1) is 76.8 Å². The zero-order valence-corrected chi connectivity index (χ0v) is 29.3. The third kappa shape index (κ3) is 4.98. The van der Waals surface area contributed by atoms with Gasteiger partial charge < -0.3 is 49.6 Å². The molecule has 0 saturated heterocycles. The average Bonchev–Trinajstić information content (AvgIpc) is 3.26. The number of esters is 2. The van der Waals surface area contributed by atoms with E-state index < -0.39 is 59.8 Å². The lowest BCUT2D eigenvalue weighted by Gasteiger charge is -2.26. The van der Waals surface area contributed by atoms with Crippen LogP contribution in [0.1, 0.15) is 30.9 Å². The van der Waals surface area contributed by atoms with Crippen LogP contribution >= 0.6 is 0 Å². The zero-order chi connectivity index (χ0) is 37.9. The lowest BCUT2D eigenvalue weighted by Crippen LogP contribution is -2.36. The van der Waals surface area contributed by atoms with Gasteiger partial charge in [0.25, 0.3) is 0 Å². The van der Waals surface area contributed by atoms with Gasteiger partial charge in [-0.1, -0.05) is 11.6 Å². The molecular weight excluding hydrogens is 680 g/mol. The number of aromatic hydroxyl groups is 1. The lowest BCUT2D eigenvalue weighted by molar-refractivity contribution is -0.143. The third-order valence-corrected chi connectivity index (χ3v) is 9.65. The molecule has 5 aromatic rings. The highest BCUT2D eigenvalue weighted by Gasteiger charge is 2.38. The van der Waals surface area contributed by atoms with E-state index in [0.29, 0.717) is 5.57 Å². The van der Waals surface area contributed by atoms with Gasteiger partial charge in [0.1, 0.15) is 35.1 Å². The zero-order valence-electron chi connectivity index (χ0n) is 29.3. The SMILES string of the molecule is COC(=O)C(CO)Nc1c2c3c4c(c(OC)c(=O)c5c(NC(CO)C(=O)OC)cc(OC)c(c6c(OC)cc(O)c(c1=O)c63)c54)C(C(C)=O)C(C)=C2. The summed E-state index contributed by atoms with van der Waals surface area (Å²) in [6.07, 6.45) is 1.58. The molecule has 1 aliphatic carbocycles. The van der Waals surface area contributed by atoms with Gasteiger partial charge in [0.15, 0.2) is 5.75 Å². The van der Waals surface area contributed by atoms with Crippen LogP contribution in [-0.4, -0.2) is 93.9 Å². The van der Waals surface area contributed by atoms with Crippen LogP contribution in [0.3, 0.4) is 0 Å². The number of aliphatic hydroxyl groups excluding tert-OH is 2. The monoisotopic (exact) mass is 716 g/mol. The van der Waals surface area contributed by atoms with Crippen molar-refractivity contribution in [2.75, 3.05) is 59.4 Å². The molecule has 5 aromatic carbocycles. The number of carbonyl (C=O) groups excluding carboxylic acids is 3. The molecule has 0 bridgehead atoms. The quantitative estimate of drug-likeness (QED) is 0.0713. The Morgan fingerprint density at radius 3 is 1.81 bits per heavy atom. The molecule has 0 saturated carbocycles. The maximum Gasteiger partial charge on any atom is 0.330 e. The number of benzene rings is 5. The summed E-state index contributed by atoms with van der Waals surface area (Å²) < 4.78 is 27.2. The minimum Gasteiger partial charge on any atom is -0.507 e. The Labute approximate surface area is 295 Å². The predicted octanol–water partition coefficient (Wildman–Crippen LogP) is 2.61. The smallest absolute Gasteiger partial charge is 0.330 e. The summed E-state index contributed by atoms with van der Waals surface area (Å²) in [4.78, 5) is 68.4. The van der Waals surface area contributed by atoms with E-state index in [2.05, 4.69) is 10.6 Å². The average molecular weight is 717 g/mol. The molecule has 0 spiro atoms. The highest BCUT2D eigenvalue weighted by molar-refractivity contribution is 6.40. The van der Waals surface area contributed by atoms with Crippen molar-refractivity contribution in [3.8, 4) is 23.0 Å². The number of phenolic OH excluding ortho intramolecular Hbond substituents is 1. The van der Waals surface area contributed by atoms with Crippen molar-refractivity contribution in [3.05, 3.63) is 49.3 Å². The van der Waals surface area contributed by atoms with E-state index in [0.717, 1.165) is 14.2 Å². The highest BCUT2D eigenvalue weighted by atomic mass is 16.5. The number of hydrogen-bond donors (Lipinski definition) is 5. The van der Waals surface area contributed by atoms with Crippen LogP contribution < -0.4 is 35.7 Å². The van der Waals surface area contributed by atoms with Crippen molar-refractivity contribution in [2.45, 2.75) is 31.8 Å². The number of ketones is 1. The summed E-state index contributed by atoms with van der Waals surface area (Å²) in [5.74, 6) is -3.64. The Bertz CT molecular complexity index is 2480. The van der Waals surface area contributed by atoms with Crippen LogP contribution in [-0.2, 0) is 23.9 Å². The van der Waals surface area contributed by atoms with Gasteiger partial charge in [-0.05, 0) is 19.2 Å². The number of ether oxygens (including phenoxy) is 5.